The van der Waals surface area contributed by atoms with Gasteiger partial charge in [-0.2, -0.15) is 0 Å². The fraction of sp³-hybridized carbons (Fsp3) is 0.174. The van der Waals surface area contributed by atoms with E-state index in [1.807, 2.05) is 6.07 Å². The smallest absolute Gasteiger partial charge is 0.244 e. The van der Waals surface area contributed by atoms with Crippen molar-refractivity contribution in [3.63, 3.8) is 0 Å². The molecule has 31 heavy (non-hydrogen) atoms. The average Bonchev–Trinajstić information content (AvgIpc) is 2.79. The van der Waals surface area contributed by atoms with Crippen LogP contribution in [0.1, 0.15) is 11.1 Å². The average molecular weight is 423 g/mol. The van der Waals surface area contributed by atoms with Crippen LogP contribution in [0.4, 0.5) is 4.39 Å². The summed E-state index contributed by atoms with van der Waals surface area (Å²) in [6, 6.07) is 11.4. The highest BCUT2D eigenvalue weighted by atomic mass is 19.1. The van der Waals surface area contributed by atoms with E-state index in [2.05, 4.69) is 15.3 Å². The number of hydrogen-bond donors (Lipinski definition) is 1. The van der Waals surface area contributed by atoms with Crippen LogP contribution in [0, 0.1) is 5.82 Å². The van der Waals surface area contributed by atoms with Crippen molar-refractivity contribution in [2.45, 2.75) is 6.54 Å². The van der Waals surface area contributed by atoms with Crippen LogP contribution in [0.3, 0.4) is 0 Å². The zero-order chi connectivity index (χ0) is 21.9. The van der Waals surface area contributed by atoms with Crippen molar-refractivity contribution in [1.29, 1.82) is 0 Å². The molecule has 0 unspecified atom stereocenters. The number of carbonyl (C=O) groups excluding carboxylic acids is 1. The van der Waals surface area contributed by atoms with E-state index in [-0.39, 0.29) is 11.7 Å². The van der Waals surface area contributed by atoms with E-state index in [9.17, 15) is 9.18 Å². The van der Waals surface area contributed by atoms with Gasteiger partial charge in [-0.1, -0.05) is 12.1 Å². The maximum atomic E-state index is 14.3. The summed E-state index contributed by atoms with van der Waals surface area (Å²) in [5.74, 6) is 0.164. The number of methoxy groups -OCH3 is 1. The second-order valence-electron chi connectivity index (χ2n) is 6.38. The van der Waals surface area contributed by atoms with Gasteiger partial charge < -0.3 is 19.5 Å². The zero-order valence-corrected chi connectivity index (χ0v) is 17.0. The van der Waals surface area contributed by atoms with E-state index in [0.29, 0.717) is 37.0 Å². The van der Waals surface area contributed by atoms with E-state index in [4.69, 9.17) is 14.2 Å². The highest BCUT2D eigenvalue weighted by Crippen LogP contribution is 2.24. The molecule has 0 spiro atoms. The minimum atomic E-state index is -0.537. The summed E-state index contributed by atoms with van der Waals surface area (Å²) in [4.78, 5) is 20.1. The Kier molecular flexibility index (Phi) is 8.07. The van der Waals surface area contributed by atoms with Gasteiger partial charge in [0.2, 0.25) is 11.8 Å². The molecule has 3 rings (SSSR count). The molecule has 1 N–H and O–H groups in total. The molecule has 1 amide bonds. The van der Waals surface area contributed by atoms with E-state index in [1.165, 1.54) is 30.5 Å². The predicted octanol–water partition coefficient (Wildman–Crippen LogP) is 3.76. The van der Waals surface area contributed by atoms with Gasteiger partial charge in [-0.3, -0.25) is 9.78 Å². The number of benzene rings is 1. The molecule has 0 fully saturated rings. The molecule has 0 saturated carbocycles. The Labute approximate surface area is 179 Å². The van der Waals surface area contributed by atoms with Crippen LogP contribution in [0.25, 0.3) is 6.08 Å². The molecule has 0 aliphatic carbocycles. The SMILES string of the molecule is COCCOc1ccc(CNC(=O)/C=C/c2ccc(Oc3cccnc3)c(F)c2)cn1. The van der Waals surface area contributed by atoms with Gasteiger partial charge in [-0.15, -0.1) is 0 Å². The van der Waals surface area contributed by atoms with E-state index < -0.39 is 5.82 Å². The molecule has 0 bridgehead atoms. The van der Waals surface area contributed by atoms with Crippen LogP contribution in [0.15, 0.2) is 67.1 Å². The molecule has 2 aromatic heterocycles. The summed E-state index contributed by atoms with van der Waals surface area (Å²) >= 11 is 0. The van der Waals surface area contributed by atoms with Crippen LogP contribution in [0.5, 0.6) is 17.4 Å². The molecule has 1 aromatic carbocycles. The minimum Gasteiger partial charge on any atom is -0.475 e. The molecule has 2 heterocycles. The van der Waals surface area contributed by atoms with Gasteiger partial charge >= 0.3 is 0 Å². The number of carbonyl (C=O) groups is 1. The molecule has 0 atom stereocenters. The van der Waals surface area contributed by atoms with E-state index in [1.54, 1.807) is 43.8 Å². The molecule has 0 aliphatic rings. The molecule has 0 aliphatic heterocycles. The number of rotatable bonds is 10. The molecule has 3 aromatic rings. The lowest BCUT2D eigenvalue weighted by atomic mass is 10.2. The molecule has 160 valence electrons. The molecule has 0 radical (unpaired) electrons. The Bertz CT molecular complexity index is 1010. The first-order valence-electron chi connectivity index (χ1n) is 9.54. The molecule has 0 saturated heterocycles. The standard InChI is InChI=1S/C23H22FN3O4/c1-29-11-12-30-23-9-6-18(15-27-23)14-26-22(28)8-5-17-4-7-21(20(24)13-17)31-19-3-2-10-25-16-19/h2-10,13,15-16H,11-12,14H2,1H3,(H,26,28)/b8-5+. The van der Waals surface area contributed by atoms with Crippen molar-refractivity contribution in [3.05, 3.63) is 84.1 Å². The van der Waals surface area contributed by atoms with E-state index in [0.717, 1.165) is 5.56 Å². The number of hydrogen-bond acceptors (Lipinski definition) is 6. The molecule has 8 heteroatoms. The third kappa shape index (κ3) is 7.20. The molecular formula is C23H22FN3O4. The summed E-state index contributed by atoms with van der Waals surface area (Å²) in [6.07, 6.45) is 7.59. The maximum Gasteiger partial charge on any atom is 0.244 e. The lowest BCUT2D eigenvalue weighted by Gasteiger charge is -2.07. The Morgan fingerprint density at radius 1 is 1.16 bits per heavy atom. The van der Waals surface area contributed by atoms with Crippen LogP contribution in [-0.4, -0.2) is 36.2 Å². The Hall–Kier alpha value is -3.78. The summed E-state index contributed by atoms with van der Waals surface area (Å²) in [5.41, 5.74) is 1.36. The number of nitrogens with zero attached hydrogens (tertiary/aromatic N) is 2. The van der Waals surface area contributed by atoms with Crippen LogP contribution in [-0.2, 0) is 16.1 Å². The molecule has 7 nitrogen and oxygen atoms in total. The number of pyridine rings is 2. The highest BCUT2D eigenvalue weighted by molar-refractivity contribution is 5.91. The first kappa shape index (κ1) is 21.9. The zero-order valence-electron chi connectivity index (χ0n) is 17.0. The number of nitrogens with one attached hydrogen (secondary N) is 1. The fourth-order valence-electron chi connectivity index (χ4n) is 2.49. The lowest BCUT2D eigenvalue weighted by molar-refractivity contribution is -0.116. The van der Waals surface area contributed by atoms with Gasteiger partial charge in [0.15, 0.2) is 11.6 Å². The van der Waals surface area contributed by atoms with Crippen molar-refractivity contribution in [3.8, 4) is 17.4 Å². The maximum absolute atomic E-state index is 14.3. The summed E-state index contributed by atoms with van der Waals surface area (Å²) < 4.78 is 30.0. The summed E-state index contributed by atoms with van der Waals surface area (Å²) in [6.45, 7) is 1.21. The van der Waals surface area contributed by atoms with E-state index >= 15 is 0 Å². The minimum absolute atomic E-state index is 0.0803. The summed E-state index contributed by atoms with van der Waals surface area (Å²) in [7, 11) is 1.60. The lowest BCUT2D eigenvalue weighted by Crippen LogP contribution is -2.20. The quantitative estimate of drug-likeness (QED) is 0.395. The van der Waals surface area contributed by atoms with Gasteiger partial charge in [0.1, 0.15) is 12.4 Å². The van der Waals surface area contributed by atoms with Crippen molar-refractivity contribution < 1.29 is 23.4 Å². The van der Waals surface area contributed by atoms with Crippen molar-refractivity contribution in [2.24, 2.45) is 0 Å². The van der Waals surface area contributed by atoms with Gasteiger partial charge in [0.05, 0.1) is 12.8 Å². The highest BCUT2D eigenvalue weighted by Gasteiger charge is 2.06. The number of ether oxygens (including phenoxy) is 3. The predicted molar refractivity (Wildman–Crippen MR) is 113 cm³/mol. The largest absolute Gasteiger partial charge is 0.475 e. The number of amides is 1. The van der Waals surface area contributed by atoms with Crippen molar-refractivity contribution in [2.75, 3.05) is 20.3 Å². The second kappa shape index (κ2) is 11.4. The van der Waals surface area contributed by atoms with Gasteiger partial charge in [0, 0.05) is 38.2 Å². The monoisotopic (exact) mass is 423 g/mol. The number of aromatic nitrogens is 2. The van der Waals surface area contributed by atoms with Crippen LogP contribution in [0.2, 0.25) is 0 Å². The third-order valence-corrected chi connectivity index (χ3v) is 4.05. The first-order valence-corrected chi connectivity index (χ1v) is 9.54. The Morgan fingerprint density at radius 2 is 2.06 bits per heavy atom. The van der Waals surface area contributed by atoms with Crippen molar-refractivity contribution in [1.82, 2.24) is 15.3 Å². The fourth-order valence-corrected chi connectivity index (χ4v) is 2.49. The van der Waals surface area contributed by atoms with Crippen LogP contribution < -0.4 is 14.8 Å². The normalized spacial score (nSPS) is 10.8. The first-order chi connectivity index (χ1) is 15.1. The Morgan fingerprint density at radius 3 is 2.77 bits per heavy atom. The van der Waals surface area contributed by atoms with Gasteiger partial charge in [-0.25, -0.2) is 9.37 Å². The second-order valence-corrected chi connectivity index (χ2v) is 6.38. The third-order valence-electron chi connectivity index (χ3n) is 4.05. The van der Waals surface area contributed by atoms with Crippen LogP contribution >= 0.6 is 0 Å². The number of halogens is 1. The Balaban J connectivity index is 1.49. The topological polar surface area (TPSA) is 82.6 Å². The molecular weight excluding hydrogens is 401 g/mol. The van der Waals surface area contributed by atoms with Crippen molar-refractivity contribution >= 4 is 12.0 Å². The van der Waals surface area contributed by atoms with Gasteiger partial charge in [0.25, 0.3) is 0 Å². The summed E-state index contributed by atoms with van der Waals surface area (Å²) in [5, 5.41) is 2.75. The van der Waals surface area contributed by atoms with Gasteiger partial charge in [-0.05, 0) is 41.5 Å².